The normalized spacial score (nSPS) is 20.5. The van der Waals surface area contributed by atoms with Crippen molar-refractivity contribution in [2.45, 2.75) is 32.1 Å². The van der Waals surface area contributed by atoms with E-state index < -0.39 is 0 Å². The highest BCUT2D eigenvalue weighted by Gasteiger charge is 2.18. The maximum Gasteiger partial charge on any atom is 0.0994 e. The Morgan fingerprint density at radius 1 is 1.46 bits per heavy atom. The van der Waals surface area contributed by atoms with Crippen LogP contribution in [0.5, 0.6) is 0 Å². The Morgan fingerprint density at radius 3 is 3.08 bits per heavy atom. The third-order valence-electron chi connectivity index (χ3n) is 2.89. The van der Waals surface area contributed by atoms with E-state index in [1.807, 2.05) is 12.1 Å². The van der Waals surface area contributed by atoms with Crippen molar-refractivity contribution in [1.29, 1.82) is 5.26 Å². The molecule has 0 spiro atoms. The van der Waals surface area contributed by atoms with Crippen LogP contribution in [-0.4, -0.2) is 0 Å². The molecule has 1 unspecified atom stereocenters. The second-order valence-electron chi connectivity index (χ2n) is 3.78. The predicted octanol–water partition coefficient (Wildman–Crippen LogP) is 3.00. The first kappa shape index (κ1) is 8.31. The first-order chi connectivity index (χ1) is 6.33. The van der Waals surface area contributed by atoms with Gasteiger partial charge in [-0.15, -0.1) is 0 Å². The number of benzene rings is 1. The number of fused-ring (bicyclic) bond motifs is 1. The summed E-state index contributed by atoms with van der Waals surface area (Å²) in [5, 5.41) is 8.96. The van der Waals surface area contributed by atoms with E-state index >= 15 is 0 Å². The third kappa shape index (κ3) is 1.33. The minimum atomic E-state index is 0.569. The third-order valence-corrected chi connectivity index (χ3v) is 2.89. The van der Waals surface area contributed by atoms with Crippen LogP contribution in [0.25, 0.3) is 0 Å². The highest BCUT2D eigenvalue weighted by atomic mass is 14.3. The quantitative estimate of drug-likeness (QED) is 0.588. The first-order valence-corrected chi connectivity index (χ1v) is 4.85. The molecule has 0 aliphatic heterocycles. The van der Waals surface area contributed by atoms with E-state index in [-0.39, 0.29) is 0 Å². The molecule has 0 aromatic heterocycles. The lowest BCUT2D eigenvalue weighted by Crippen LogP contribution is -2.08. The monoisotopic (exact) mass is 171 g/mol. The van der Waals surface area contributed by atoms with Crippen molar-refractivity contribution in [3.05, 3.63) is 34.9 Å². The van der Waals surface area contributed by atoms with E-state index in [2.05, 4.69) is 19.1 Å². The summed E-state index contributed by atoms with van der Waals surface area (Å²) in [4.78, 5) is 0. The molecule has 0 bridgehead atoms. The van der Waals surface area contributed by atoms with Crippen LogP contribution < -0.4 is 0 Å². The van der Waals surface area contributed by atoms with Crippen LogP contribution in [-0.2, 0) is 6.42 Å². The summed E-state index contributed by atoms with van der Waals surface area (Å²) >= 11 is 0. The molecule has 0 N–H and O–H groups in total. The Morgan fingerprint density at radius 2 is 2.31 bits per heavy atom. The summed E-state index contributed by atoms with van der Waals surface area (Å²) in [6.07, 6.45) is 3.64. The molecule has 1 aliphatic carbocycles. The maximum absolute atomic E-state index is 8.96. The molecule has 1 aromatic carbocycles. The van der Waals surface area contributed by atoms with Crippen molar-refractivity contribution in [2.75, 3.05) is 0 Å². The molecule has 0 fully saturated rings. The summed E-state index contributed by atoms with van der Waals surface area (Å²) in [6.45, 7) is 2.22. The zero-order chi connectivity index (χ0) is 9.26. The average molecular weight is 171 g/mol. The molecule has 1 heteroatoms. The summed E-state index contributed by atoms with van der Waals surface area (Å²) in [5.74, 6) is 0.569. The van der Waals surface area contributed by atoms with Gasteiger partial charge in [-0.3, -0.25) is 0 Å². The standard InChI is InChI=1S/C12H13N/c1-9-4-2-5-10-6-3-7-11(8-13)12(9)10/h3,6-7,9H,2,4-5H2,1H3. The number of nitrogens with zero attached hydrogens (tertiary/aromatic N) is 1. The van der Waals surface area contributed by atoms with Gasteiger partial charge >= 0.3 is 0 Å². The molecule has 1 aromatic rings. The van der Waals surface area contributed by atoms with Gasteiger partial charge in [-0.25, -0.2) is 0 Å². The summed E-state index contributed by atoms with van der Waals surface area (Å²) in [7, 11) is 0. The SMILES string of the molecule is CC1CCCc2cccc(C#N)c21. The lowest BCUT2D eigenvalue weighted by molar-refractivity contribution is 0.589. The van der Waals surface area contributed by atoms with Gasteiger partial charge in [-0.1, -0.05) is 19.1 Å². The summed E-state index contributed by atoms with van der Waals surface area (Å²) < 4.78 is 0. The minimum Gasteiger partial charge on any atom is -0.192 e. The fraction of sp³-hybridized carbons (Fsp3) is 0.417. The van der Waals surface area contributed by atoms with Crippen LogP contribution in [0.3, 0.4) is 0 Å². The number of hydrogen-bond acceptors (Lipinski definition) is 1. The van der Waals surface area contributed by atoms with Crippen molar-refractivity contribution in [1.82, 2.24) is 0 Å². The van der Waals surface area contributed by atoms with Crippen LogP contribution >= 0.6 is 0 Å². The molecule has 0 heterocycles. The fourth-order valence-electron chi connectivity index (χ4n) is 2.25. The number of rotatable bonds is 0. The second-order valence-corrected chi connectivity index (χ2v) is 3.78. The molecule has 1 aliphatic rings. The number of aryl methyl sites for hydroxylation is 1. The lowest BCUT2D eigenvalue weighted by Gasteiger charge is -2.22. The lowest BCUT2D eigenvalue weighted by atomic mass is 9.81. The van der Waals surface area contributed by atoms with Crippen molar-refractivity contribution < 1.29 is 0 Å². The van der Waals surface area contributed by atoms with E-state index in [9.17, 15) is 0 Å². The minimum absolute atomic E-state index is 0.569. The topological polar surface area (TPSA) is 23.8 Å². The maximum atomic E-state index is 8.96. The van der Waals surface area contributed by atoms with E-state index in [0.717, 1.165) is 12.0 Å². The van der Waals surface area contributed by atoms with Crippen molar-refractivity contribution in [2.24, 2.45) is 0 Å². The Bertz CT molecular complexity index is 360. The zero-order valence-corrected chi connectivity index (χ0v) is 7.88. The van der Waals surface area contributed by atoms with E-state index in [1.165, 1.54) is 24.0 Å². The average Bonchev–Trinajstić information content (AvgIpc) is 2.17. The van der Waals surface area contributed by atoms with Crippen molar-refractivity contribution in [3.8, 4) is 6.07 Å². The Hall–Kier alpha value is -1.29. The van der Waals surface area contributed by atoms with Gasteiger partial charge in [0.15, 0.2) is 0 Å². The van der Waals surface area contributed by atoms with Gasteiger partial charge in [0.2, 0.25) is 0 Å². The number of nitriles is 1. The molecule has 1 atom stereocenters. The van der Waals surface area contributed by atoms with Crippen LogP contribution in [0.15, 0.2) is 18.2 Å². The van der Waals surface area contributed by atoms with Crippen LogP contribution in [0.4, 0.5) is 0 Å². The van der Waals surface area contributed by atoms with Gasteiger partial charge < -0.3 is 0 Å². The van der Waals surface area contributed by atoms with Crippen LogP contribution in [0.1, 0.15) is 42.4 Å². The smallest absolute Gasteiger partial charge is 0.0994 e. The van der Waals surface area contributed by atoms with Crippen molar-refractivity contribution in [3.63, 3.8) is 0 Å². The predicted molar refractivity (Wildman–Crippen MR) is 52.5 cm³/mol. The Kier molecular flexibility index (Phi) is 2.06. The van der Waals surface area contributed by atoms with Crippen LogP contribution in [0.2, 0.25) is 0 Å². The molecule has 66 valence electrons. The Labute approximate surface area is 79.0 Å². The first-order valence-electron chi connectivity index (χ1n) is 4.85. The van der Waals surface area contributed by atoms with Gasteiger partial charge in [0.05, 0.1) is 11.6 Å². The van der Waals surface area contributed by atoms with Gasteiger partial charge in [0.25, 0.3) is 0 Å². The highest BCUT2D eigenvalue weighted by Crippen LogP contribution is 2.33. The van der Waals surface area contributed by atoms with Crippen LogP contribution in [0, 0.1) is 11.3 Å². The van der Waals surface area contributed by atoms with Crippen molar-refractivity contribution >= 4 is 0 Å². The highest BCUT2D eigenvalue weighted by molar-refractivity contribution is 5.45. The molecule has 0 amide bonds. The van der Waals surface area contributed by atoms with Gasteiger partial charge in [-0.2, -0.15) is 5.26 Å². The molecule has 0 radical (unpaired) electrons. The molecular formula is C12H13N. The summed E-state index contributed by atoms with van der Waals surface area (Å²) in [6, 6.07) is 8.37. The van der Waals surface area contributed by atoms with Gasteiger partial charge in [0.1, 0.15) is 0 Å². The fourth-order valence-corrected chi connectivity index (χ4v) is 2.25. The van der Waals surface area contributed by atoms with E-state index in [4.69, 9.17) is 5.26 Å². The molecular weight excluding hydrogens is 158 g/mol. The van der Waals surface area contributed by atoms with E-state index in [0.29, 0.717) is 5.92 Å². The molecule has 0 saturated carbocycles. The zero-order valence-electron chi connectivity index (χ0n) is 7.88. The molecule has 13 heavy (non-hydrogen) atoms. The largest absolute Gasteiger partial charge is 0.192 e. The second kappa shape index (κ2) is 3.22. The molecule has 2 rings (SSSR count). The van der Waals surface area contributed by atoms with E-state index in [1.54, 1.807) is 0 Å². The molecule has 1 nitrogen and oxygen atoms in total. The molecule has 0 saturated heterocycles. The Balaban J connectivity index is 2.58. The van der Waals surface area contributed by atoms with Gasteiger partial charge in [-0.05, 0) is 42.4 Å². The number of hydrogen-bond donors (Lipinski definition) is 0. The van der Waals surface area contributed by atoms with Gasteiger partial charge in [0, 0.05) is 0 Å². The summed E-state index contributed by atoms with van der Waals surface area (Å²) in [5.41, 5.74) is 3.57.